The van der Waals surface area contributed by atoms with Crippen LogP contribution in [0, 0.1) is 0 Å². The van der Waals surface area contributed by atoms with E-state index in [1.54, 1.807) is 17.9 Å². The zero-order chi connectivity index (χ0) is 19.1. The summed E-state index contributed by atoms with van der Waals surface area (Å²) in [4.78, 5) is 24.5. The van der Waals surface area contributed by atoms with Crippen LogP contribution in [0.25, 0.3) is 33.8 Å². The van der Waals surface area contributed by atoms with Crippen LogP contribution >= 0.6 is 0 Å². The van der Waals surface area contributed by atoms with Gasteiger partial charge in [0.25, 0.3) is 11.7 Å². The molecule has 0 bridgehead atoms. The van der Waals surface area contributed by atoms with Crippen LogP contribution in [-0.2, 0) is 7.05 Å². The van der Waals surface area contributed by atoms with Crippen molar-refractivity contribution in [2.24, 2.45) is 7.05 Å². The summed E-state index contributed by atoms with van der Waals surface area (Å²) in [6, 6.07) is 15.4. The molecule has 136 valence electrons. The lowest BCUT2D eigenvalue weighted by molar-refractivity contribution is 0.0994. The van der Waals surface area contributed by atoms with Gasteiger partial charge in [-0.15, -0.1) is 0 Å². The molecular formula is C20H14N6O2. The van der Waals surface area contributed by atoms with Crippen molar-refractivity contribution in [3.05, 3.63) is 72.4 Å². The number of aromatic amines is 1. The Morgan fingerprint density at radius 3 is 2.57 bits per heavy atom. The van der Waals surface area contributed by atoms with Crippen LogP contribution in [-0.4, -0.2) is 35.7 Å². The number of para-hydroxylation sites is 2. The maximum absolute atomic E-state index is 12.4. The van der Waals surface area contributed by atoms with Gasteiger partial charge in [-0.05, 0) is 12.1 Å². The van der Waals surface area contributed by atoms with Gasteiger partial charge in [0.1, 0.15) is 5.82 Å². The summed E-state index contributed by atoms with van der Waals surface area (Å²) in [5.41, 5.74) is 3.98. The number of rotatable bonds is 4. The minimum atomic E-state index is -0.356. The number of carbonyl (C=O) groups is 1. The fourth-order valence-corrected chi connectivity index (χ4v) is 2.96. The number of nitrogens with zero attached hydrogens (tertiary/aromatic N) is 5. The standard InChI is InChI=1S/C20H14N6O2/c1-26-11-14(10-21-26)17(27)20-24-19(25-28-20)13-8-6-12(7-9-13)18-22-15-4-2-3-5-16(15)23-18/h2-11H,1H3,(H,22,23). The monoisotopic (exact) mass is 370 g/mol. The van der Waals surface area contributed by atoms with Crippen LogP contribution in [0.15, 0.2) is 65.4 Å². The molecular weight excluding hydrogens is 356 g/mol. The molecule has 0 saturated heterocycles. The first kappa shape index (κ1) is 16.1. The normalized spacial score (nSPS) is 11.2. The third-order valence-electron chi connectivity index (χ3n) is 4.39. The highest BCUT2D eigenvalue weighted by Gasteiger charge is 2.19. The number of fused-ring (bicyclic) bond motifs is 1. The van der Waals surface area contributed by atoms with Gasteiger partial charge in [0, 0.05) is 24.4 Å². The zero-order valence-corrected chi connectivity index (χ0v) is 14.8. The Kier molecular flexibility index (Phi) is 3.61. The number of aryl methyl sites for hydroxylation is 1. The quantitative estimate of drug-likeness (QED) is 0.487. The Hall–Kier alpha value is -4.07. The summed E-state index contributed by atoms with van der Waals surface area (Å²) in [5, 5.41) is 7.90. The fraction of sp³-hybridized carbons (Fsp3) is 0.0500. The van der Waals surface area contributed by atoms with Gasteiger partial charge in [0.05, 0.1) is 22.8 Å². The number of hydrogen-bond acceptors (Lipinski definition) is 6. The summed E-state index contributed by atoms with van der Waals surface area (Å²) >= 11 is 0. The van der Waals surface area contributed by atoms with Gasteiger partial charge in [-0.25, -0.2) is 4.98 Å². The topological polar surface area (TPSA) is 102 Å². The molecule has 8 heteroatoms. The number of H-pyrrole nitrogens is 1. The third-order valence-corrected chi connectivity index (χ3v) is 4.39. The van der Waals surface area contributed by atoms with Crippen molar-refractivity contribution in [3.63, 3.8) is 0 Å². The van der Waals surface area contributed by atoms with E-state index in [4.69, 9.17) is 4.52 Å². The summed E-state index contributed by atoms with van der Waals surface area (Å²) in [5.74, 6) is 0.715. The van der Waals surface area contributed by atoms with E-state index in [-0.39, 0.29) is 11.7 Å². The average molecular weight is 370 g/mol. The highest BCUT2D eigenvalue weighted by molar-refractivity contribution is 6.05. The van der Waals surface area contributed by atoms with Crippen molar-refractivity contribution in [2.45, 2.75) is 0 Å². The van der Waals surface area contributed by atoms with Crippen LogP contribution in [0.5, 0.6) is 0 Å². The van der Waals surface area contributed by atoms with Crippen molar-refractivity contribution in [1.82, 2.24) is 29.9 Å². The summed E-state index contributed by atoms with van der Waals surface area (Å²) in [6.07, 6.45) is 3.07. The average Bonchev–Trinajstić information content (AvgIpc) is 3.46. The minimum absolute atomic E-state index is 0.0654. The van der Waals surface area contributed by atoms with Gasteiger partial charge in [-0.3, -0.25) is 9.48 Å². The van der Waals surface area contributed by atoms with Gasteiger partial charge >= 0.3 is 0 Å². The molecule has 0 aliphatic carbocycles. The molecule has 0 aliphatic rings. The van der Waals surface area contributed by atoms with E-state index in [0.29, 0.717) is 11.4 Å². The molecule has 8 nitrogen and oxygen atoms in total. The largest absolute Gasteiger partial charge is 0.338 e. The second kappa shape index (κ2) is 6.27. The first-order valence-corrected chi connectivity index (χ1v) is 8.60. The maximum Gasteiger partial charge on any atom is 0.299 e. The SMILES string of the molecule is Cn1cc(C(=O)c2nc(-c3ccc(-c4nc5ccccc5[nH]4)cc3)no2)cn1. The molecule has 3 heterocycles. The van der Waals surface area contributed by atoms with E-state index in [2.05, 4.69) is 25.2 Å². The molecule has 0 saturated carbocycles. The van der Waals surface area contributed by atoms with Crippen molar-refractivity contribution in [2.75, 3.05) is 0 Å². The van der Waals surface area contributed by atoms with E-state index >= 15 is 0 Å². The van der Waals surface area contributed by atoms with E-state index in [1.165, 1.54) is 6.20 Å². The van der Waals surface area contributed by atoms with Gasteiger partial charge < -0.3 is 9.51 Å². The smallest absolute Gasteiger partial charge is 0.299 e. The molecule has 0 amide bonds. The molecule has 0 atom stereocenters. The summed E-state index contributed by atoms with van der Waals surface area (Å²) < 4.78 is 6.68. The van der Waals surface area contributed by atoms with Gasteiger partial charge in [0.2, 0.25) is 5.82 Å². The van der Waals surface area contributed by atoms with E-state index in [1.807, 2.05) is 48.5 Å². The molecule has 5 rings (SSSR count). The second-order valence-electron chi connectivity index (χ2n) is 6.33. The highest BCUT2D eigenvalue weighted by Crippen LogP contribution is 2.24. The maximum atomic E-state index is 12.4. The van der Waals surface area contributed by atoms with Crippen LogP contribution in [0.3, 0.4) is 0 Å². The van der Waals surface area contributed by atoms with Crippen molar-refractivity contribution >= 4 is 16.8 Å². The van der Waals surface area contributed by atoms with Crippen molar-refractivity contribution in [1.29, 1.82) is 0 Å². The first-order valence-electron chi connectivity index (χ1n) is 8.60. The predicted octanol–water partition coefficient (Wildman–Crippen LogP) is 3.24. The van der Waals surface area contributed by atoms with Crippen LogP contribution in [0.1, 0.15) is 16.2 Å². The molecule has 2 aromatic carbocycles. The Balaban J connectivity index is 1.41. The molecule has 5 aromatic rings. The molecule has 0 fully saturated rings. The van der Waals surface area contributed by atoms with E-state index in [9.17, 15) is 4.79 Å². The molecule has 28 heavy (non-hydrogen) atoms. The number of benzene rings is 2. The molecule has 0 radical (unpaired) electrons. The number of carbonyl (C=O) groups excluding carboxylic acids is 1. The number of hydrogen-bond donors (Lipinski definition) is 1. The Bertz CT molecular complexity index is 1260. The first-order chi connectivity index (χ1) is 13.7. The van der Waals surface area contributed by atoms with Gasteiger partial charge in [0.15, 0.2) is 0 Å². The predicted molar refractivity (Wildman–Crippen MR) is 101 cm³/mol. The Morgan fingerprint density at radius 2 is 1.82 bits per heavy atom. The summed E-state index contributed by atoms with van der Waals surface area (Å²) in [6.45, 7) is 0. The molecule has 1 N–H and O–H groups in total. The Labute approximate surface area is 158 Å². The molecule has 3 aromatic heterocycles. The van der Waals surface area contributed by atoms with Gasteiger partial charge in [-0.2, -0.15) is 10.1 Å². The van der Waals surface area contributed by atoms with Crippen molar-refractivity contribution in [3.8, 4) is 22.8 Å². The third kappa shape index (κ3) is 2.77. The lowest BCUT2D eigenvalue weighted by Gasteiger charge is -1.98. The van der Waals surface area contributed by atoms with E-state index in [0.717, 1.165) is 28.0 Å². The van der Waals surface area contributed by atoms with Crippen molar-refractivity contribution < 1.29 is 9.32 Å². The Morgan fingerprint density at radius 1 is 1.04 bits per heavy atom. The lowest BCUT2D eigenvalue weighted by atomic mass is 10.1. The van der Waals surface area contributed by atoms with Crippen LogP contribution < -0.4 is 0 Å². The van der Waals surface area contributed by atoms with E-state index < -0.39 is 0 Å². The minimum Gasteiger partial charge on any atom is -0.338 e. The lowest BCUT2D eigenvalue weighted by Crippen LogP contribution is -2.00. The highest BCUT2D eigenvalue weighted by atomic mass is 16.5. The summed E-state index contributed by atoms with van der Waals surface area (Å²) in [7, 11) is 1.74. The zero-order valence-electron chi connectivity index (χ0n) is 14.8. The molecule has 0 unspecified atom stereocenters. The second-order valence-corrected chi connectivity index (χ2v) is 6.33. The fourth-order valence-electron chi connectivity index (χ4n) is 2.96. The number of aromatic nitrogens is 6. The number of imidazole rings is 1. The van der Waals surface area contributed by atoms with Crippen LogP contribution in [0.4, 0.5) is 0 Å². The number of ketones is 1. The van der Waals surface area contributed by atoms with Crippen LogP contribution in [0.2, 0.25) is 0 Å². The molecule has 0 spiro atoms. The van der Waals surface area contributed by atoms with Gasteiger partial charge in [-0.1, -0.05) is 41.6 Å². The molecule has 0 aliphatic heterocycles. The number of nitrogens with one attached hydrogen (secondary N) is 1.